The van der Waals surface area contributed by atoms with Crippen molar-refractivity contribution in [2.75, 3.05) is 7.11 Å². The number of aromatic hydroxyl groups is 1. The summed E-state index contributed by atoms with van der Waals surface area (Å²) in [6, 6.07) is 21.2. The topological polar surface area (TPSA) is 90.5 Å². The normalized spacial score (nSPS) is 11.4. The second-order valence-corrected chi connectivity index (χ2v) is 9.64. The molecule has 0 atom stereocenters. The number of phenols is 1. The minimum atomic E-state index is -4.33. The molecule has 0 aliphatic carbocycles. The first-order valence-electron chi connectivity index (χ1n) is 11.0. The van der Waals surface area contributed by atoms with E-state index in [-0.39, 0.29) is 10.6 Å². The van der Waals surface area contributed by atoms with Crippen LogP contribution in [0.1, 0.15) is 27.9 Å². The maximum absolute atomic E-state index is 10.8. The maximum Gasteiger partial charge on any atom is 0.212 e. The van der Waals surface area contributed by atoms with E-state index in [0.29, 0.717) is 16.9 Å². The Hall–Kier alpha value is -3.68. The smallest absolute Gasteiger partial charge is 0.212 e. The van der Waals surface area contributed by atoms with E-state index in [1.165, 1.54) is 10.9 Å². The Morgan fingerprint density at radius 3 is 2.20 bits per heavy atom. The monoisotopic (exact) mass is 491 g/mol. The Labute approximate surface area is 206 Å². The summed E-state index contributed by atoms with van der Waals surface area (Å²) >= 11 is 0. The summed E-state index contributed by atoms with van der Waals surface area (Å²) in [6.07, 6.45) is 4.06. The van der Waals surface area contributed by atoms with E-state index in [1.54, 1.807) is 39.2 Å². The fourth-order valence-electron chi connectivity index (χ4n) is 4.07. The van der Waals surface area contributed by atoms with E-state index >= 15 is 0 Å². The molecule has 4 aromatic rings. The highest BCUT2D eigenvalue weighted by Crippen LogP contribution is 2.27. The van der Waals surface area contributed by atoms with Crippen molar-refractivity contribution in [2.24, 2.45) is 7.05 Å². The first-order chi connectivity index (χ1) is 16.5. The number of hydrogen-bond acceptors (Lipinski definition) is 5. The predicted octanol–water partition coefficient (Wildman–Crippen LogP) is 5.06. The van der Waals surface area contributed by atoms with Crippen LogP contribution in [0, 0.1) is 20.8 Å². The minimum Gasteiger partial charge on any atom is -0.744 e. The lowest BCUT2D eigenvalue weighted by molar-refractivity contribution is -0.646. The van der Waals surface area contributed by atoms with Crippen LogP contribution in [0.15, 0.2) is 71.6 Å². The summed E-state index contributed by atoms with van der Waals surface area (Å²) in [5.41, 5.74) is 5.27. The van der Waals surface area contributed by atoms with E-state index in [2.05, 4.69) is 42.0 Å². The molecule has 0 saturated carbocycles. The molecule has 0 radical (unpaired) electrons. The molecule has 0 unspecified atom stereocenters. The zero-order chi connectivity index (χ0) is 25.8. The fourth-order valence-corrected chi connectivity index (χ4v) is 4.97. The fraction of sp³-hybridized carbons (Fsp3) is 0.179. The van der Waals surface area contributed by atoms with Gasteiger partial charge in [0.2, 0.25) is 11.2 Å². The molecule has 1 heterocycles. The molecular weight excluding hydrogens is 462 g/mol. The molecule has 0 spiro atoms. The molecule has 0 saturated heterocycles. The zero-order valence-electron chi connectivity index (χ0n) is 20.4. The van der Waals surface area contributed by atoms with Gasteiger partial charge in [-0.3, -0.25) is 0 Å². The van der Waals surface area contributed by atoms with Gasteiger partial charge in [-0.1, -0.05) is 35.9 Å². The summed E-state index contributed by atoms with van der Waals surface area (Å²) < 4.78 is 39.8. The van der Waals surface area contributed by atoms with Crippen molar-refractivity contribution >= 4 is 33.2 Å². The van der Waals surface area contributed by atoms with E-state index in [1.807, 2.05) is 37.3 Å². The standard InChI is InChI=1S/C19H17NO2.C9H12O3S/c1-20-16(11-9-15-5-3-4-6-17(15)20)10-7-14-8-12-18(21)19(13-14)22-2;1-6-4-7(2)9(8(3)5-6)13(10,11)12/h3-13H,1-2H3;4-5H,1-3H3,(H,10,11,12). The SMILES string of the molecule is COc1cc(/C=C/c2ccc3ccccc3[n+]2C)ccc1O.Cc1cc(C)c(S(=O)(=O)[O-])c(C)c1. The summed E-state index contributed by atoms with van der Waals surface area (Å²) in [5.74, 6) is 0.626. The third-order valence-electron chi connectivity index (χ3n) is 5.62. The highest BCUT2D eigenvalue weighted by Gasteiger charge is 2.10. The molecule has 0 amide bonds. The van der Waals surface area contributed by atoms with Crippen LogP contribution >= 0.6 is 0 Å². The van der Waals surface area contributed by atoms with Gasteiger partial charge in [0.05, 0.1) is 12.0 Å². The number of pyridine rings is 1. The van der Waals surface area contributed by atoms with Gasteiger partial charge >= 0.3 is 0 Å². The van der Waals surface area contributed by atoms with Crippen LogP contribution in [-0.2, 0) is 17.2 Å². The highest BCUT2D eigenvalue weighted by molar-refractivity contribution is 7.85. The van der Waals surface area contributed by atoms with Gasteiger partial charge in [-0.05, 0) is 67.8 Å². The number of nitrogens with zero attached hydrogens (tertiary/aromatic N) is 1. The van der Waals surface area contributed by atoms with Crippen molar-refractivity contribution in [3.05, 3.63) is 94.7 Å². The average molecular weight is 492 g/mol. The number of para-hydroxylation sites is 1. The first kappa shape index (κ1) is 25.9. The van der Waals surface area contributed by atoms with Crippen molar-refractivity contribution in [3.63, 3.8) is 0 Å². The van der Waals surface area contributed by atoms with Crippen LogP contribution in [0.3, 0.4) is 0 Å². The molecule has 1 N–H and O–H groups in total. The van der Waals surface area contributed by atoms with E-state index in [4.69, 9.17) is 4.74 Å². The quantitative estimate of drug-likeness (QED) is 0.318. The van der Waals surface area contributed by atoms with Crippen LogP contribution in [0.2, 0.25) is 0 Å². The molecule has 0 bridgehead atoms. The number of hydrogen-bond donors (Lipinski definition) is 1. The molecule has 6 nitrogen and oxygen atoms in total. The van der Waals surface area contributed by atoms with Gasteiger partial charge < -0.3 is 14.4 Å². The van der Waals surface area contributed by atoms with Gasteiger partial charge in [-0.25, -0.2) is 8.42 Å². The number of benzene rings is 3. The molecule has 0 fully saturated rings. The molecule has 0 aliphatic heterocycles. The van der Waals surface area contributed by atoms with Gasteiger partial charge in [-0.15, -0.1) is 0 Å². The van der Waals surface area contributed by atoms with E-state index in [9.17, 15) is 18.1 Å². The molecule has 0 aliphatic rings. The Morgan fingerprint density at radius 1 is 0.914 bits per heavy atom. The van der Waals surface area contributed by atoms with Crippen LogP contribution in [0.25, 0.3) is 23.1 Å². The third kappa shape index (κ3) is 6.26. The van der Waals surface area contributed by atoms with Crippen molar-refractivity contribution in [2.45, 2.75) is 25.7 Å². The lowest BCUT2D eigenvalue weighted by Crippen LogP contribution is -2.32. The number of rotatable bonds is 4. The third-order valence-corrected chi connectivity index (χ3v) is 6.77. The number of aryl methyl sites for hydroxylation is 4. The zero-order valence-corrected chi connectivity index (χ0v) is 21.3. The number of methoxy groups -OCH3 is 1. The van der Waals surface area contributed by atoms with Gasteiger partial charge in [0.25, 0.3) is 0 Å². The first-order valence-corrected chi connectivity index (χ1v) is 12.4. The van der Waals surface area contributed by atoms with Crippen LogP contribution in [-0.4, -0.2) is 25.2 Å². The van der Waals surface area contributed by atoms with Gasteiger partial charge in [0, 0.05) is 23.6 Å². The number of ether oxygens (including phenoxy) is 1. The van der Waals surface area contributed by atoms with Crippen LogP contribution in [0.4, 0.5) is 0 Å². The molecule has 182 valence electrons. The van der Waals surface area contributed by atoms with Crippen LogP contribution < -0.4 is 9.30 Å². The predicted molar refractivity (Wildman–Crippen MR) is 137 cm³/mol. The minimum absolute atomic E-state index is 0.0851. The second kappa shape index (κ2) is 10.7. The largest absolute Gasteiger partial charge is 0.744 e. The second-order valence-electron chi connectivity index (χ2n) is 8.32. The number of phenolic OH excluding ortho intramolecular Hbond substituents is 1. The summed E-state index contributed by atoms with van der Waals surface area (Å²) in [4.78, 5) is -0.0851. The summed E-state index contributed by atoms with van der Waals surface area (Å²) in [5, 5.41) is 10.8. The highest BCUT2D eigenvalue weighted by atomic mass is 32.2. The summed E-state index contributed by atoms with van der Waals surface area (Å²) in [7, 11) is -0.728. The molecular formula is C28H29NO5S. The van der Waals surface area contributed by atoms with E-state index < -0.39 is 10.1 Å². The Balaban J connectivity index is 0.000000225. The summed E-state index contributed by atoms with van der Waals surface area (Å²) in [6.45, 7) is 5.12. The average Bonchev–Trinajstić information content (AvgIpc) is 2.78. The van der Waals surface area contributed by atoms with Gasteiger partial charge in [-0.2, -0.15) is 4.57 Å². The Kier molecular flexibility index (Phi) is 7.94. The van der Waals surface area contributed by atoms with E-state index in [0.717, 1.165) is 16.8 Å². The molecule has 4 rings (SSSR count). The number of aromatic nitrogens is 1. The lowest BCUT2D eigenvalue weighted by Gasteiger charge is -2.14. The van der Waals surface area contributed by atoms with Crippen molar-refractivity contribution in [3.8, 4) is 11.5 Å². The van der Waals surface area contributed by atoms with Crippen LogP contribution in [0.5, 0.6) is 11.5 Å². The number of fused-ring (bicyclic) bond motifs is 1. The lowest BCUT2D eigenvalue weighted by atomic mass is 10.1. The molecule has 35 heavy (non-hydrogen) atoms. The Morgan fingerprint density at radius 2 is 1.57 bits per heavy atom. The van der Waals surface area contributed by atoms with Crippen molar-refractivity contribution < 1.29 is 27.4 Å². The molecule has 1 aromatic heterocycles. The maximum atomic E-state index is 10.8. The Bertz CT molecular complexity index is 1480. The van der Waals surface area contributed by atoms with Crippen molar-refractivity contribution in [1.82, 2.24) is 0 Å². The van der Waals surface area contributed by atoms with Crippen molar-refractivity contribution in [1.29, 1.82) is 0 Å². The van der Waals surface area contributed by atoms with Gasteiger partial charge in [0.1, 0.15) is 17.2 Å². The molecule has 7 heteroatoms. The van der Waals surface area contributed by atoms with Gasteiger partial charge in [0.15, 0.2) is 11.5 Å². The molecule has 3 aromatic carbocycles.